The molecule has 2 nitrogen and oxygen atoms in total. The molecular weight excluding hydrogens is 224 g/mol. The van der Waals surface area contributed by atoms with Gasteiger partial charge in [0.25, 0.3) is 0 Å². The van der Waals surface area contributed by atoms with Crippen molar-refractivity contribution in [1.29, 1.82) is 0 Å². The molecule has 0 rings (SSSR count). The fraction of sp³-hybridized carbons (Fsp3) is 0.875. The van der Waals surface area contributed by atoms with Crippen molar-refractivity contribution in [2.75, 3.05) is 0 Å². The monoisotopic (exact) mass is 254 g/mol. The zero-order valence-corrected chi connectivity index (χ0v) is 12.3. The van der Waals surface area contributed by atoms with Gasteiger partial charge in [0.1, 0.15) is 11.6 Å². The van der Waals surface area contributed by atoms with Gasteiger partial charge in [0, 0.05) is 12.8 Å². The number of ketones is 2. The SMILES string of the molecule is CCCCCCCC(=O)CC(=O)CCCCCC. The summed E-state index contributed by atoms with van der Waals surface area (Å²) in [7, 11) is 0. The second kappa shape index (κ2) is 12.8. The highest BCUT2D eigenvalue weighted by atomic mass is 16.1. The predicted molar refractivity (Wildman–Crippen MR) is 76.8 cm³/mol. The van der Waals surface area contributed by atoms with E-state index in [4.69, 9.17) is 0 Å². The first-order valence-electron chi connectivity index (χ1n) is 7.74. The first-order valence-corrected chi connectivity index (χ1v) is 7.74. The largest absolute Gasteiger partial charge is 0.299 e. The van der Waals surface area contributed by atoms with Gasteiger partial charge in [0.05, 0.1) is 6.42 Å². The lowest BCUT2D eigenvalue weighted by Crippen LogP contribution is -2.07. The molecule has 0 atom stereocenters. The maximum absolute atomic E-state index is 11.6. The van der Waals surface area contributed by atoms with Crippen LogP contribution in [0.15, 0.2) is 0 Å². The molecule has 0 fully saturated rings. The van der Waals surface area contributed by atoms with Crippen molar-refractivity contribution < 1.29 is 9.59 Å². The van der Waals surface area contributed by atoms with E-state index >= 15 is 0 Å². The predicted octanol–water partition coefficient (Wildman–Crippen LogP) is 4.85. The molecule has 0 aliphatic heterocycles. The lowest BCUT2D eigenvalue weighted by Gasteiger charge is -2.01. The van der Waals surface area contributed by atoms with E-state index in [1.165, 1.54) is 32.1 Å². The average Bonchev–Trinajstić information content (AvgIpc) is 2.34. The number of carbonyl (C=O) groups excluding carboxylic acids is 2. The maximum Gasteiger partial charge on any atom is 0.140 e. The summed E-state index contributed by atoms with van der Waals surface area (Å²) in [6.45, 7) is 4.34. The molecule has 0 saturated heterocycles. The third-order valence-electron chi connectivity index (χ3n) is 3.26. The first kappa shape index (κ1) is 17.3. The lowest BCUT2D eigenvalue weighted by atomic mass is 10.0. The van der Waals surface area contributed by atoms with Gasteiger partial charge < -0.3 is 0 Å². The fourth-order valence-electron chi connectivity index (χ4n) is 2.07. The molecule has 0 aromatic heterocycles. The van der Waals surface area contributed by atoms with Crippen molar-refractivity contribution in [3.05, 3.63) is 0 Å². The van der Waals surface area contributed by atoms with Crippen LogP contribution in [0.2, 0.25) is 0 Å². The Labute approximate surface area is 113 Å². The van der Waals surface area contributed by atoms with Gasteiger partial charge in [-0.05, 0) is 12.8 Å². The van der Waals surface area contributed by atoms with E-state index < -0.39 is 0 Å². The highest BCUT2D eigenvalue weighted by Crippen LogP contribution is 2.09. The van der Waals surface area contributed by atoms with Gasteiger partial charge in [-0.25, -0.2) is 0 Å². The summed E-state index contributed by atoms with van der Waals surface area (Å²) in [4.78, 5) is 23.1. The van der Waals surface area contributed by atoms with Crippen LogP contribution in [0.4, 0.5) is 0 Å². The van der Waals surface area contributed by atoms with E-state index in [0.29, 0.717) is 12.8 Å². The van der Waals surface area contributed by atoms with E-state index in [2.05, 4.69) is 13.8 Å². The smallest absolute Gasteiger partial charge is 0.140 e. The number of rotatable bonds is 13. The van der Waals surface area contributed by atoms with Crippen LogP contribution in [0.5, 0.6) is 0 Å². The van der Waals surface area contributed by atoms with Crippen molar-refractivity contribution in [2.24, 2.45) is 0 Å². The molecule has 0 radical (unpaired) electrons. The molecule has 0 saturated carbocycles. The molecular formula is C16H30O2. The first-order chi connectivity index (χ1) is 8.70. The van der Waals surface area contributed by atoms with E-state index in [1.807, 2.05) is 0 Å². The van der Waals surface area contributed by atoms with Crippen molar-refractivity contribution in [3.63, 3.8) is 0 Å². The van der Waals surface area contributed by atoms with Gasteiger partial charge in [-0.15, -0.1) is 0 Å². The van der Waals surface area contributed by atoms with Crippen LogP contribution in [0, 0.1) is 0 Å². The summed E-state index contributed by atoms with van der Waals surface area (Å²) in [5.74, 6) is 0.289. The Morgan fingerprint density at radius 2 is 1.00 bits per heavy atom. The van der Waals surface area contributed by atoms with Gasteiger partial charge in [-0.1, -0.05) is 58.8 Å². The molecule has 0 aromatic rings. The molecule has 0 aliphatic rings. The van der Waals surface area contributed by atoms with Gasteiger partial charge in [-0.3, -0.25) is 9.59 Å². The summed E-state index contributed by atoms with van der Waals surface area (Å²) in [6, 6.07) is 0. The van der Waals surface area contributed by atoms with Crippen molar-refractivity contribution in [3.8, 4) is 0 Å². The lowest BCUT2D eigenvalue weighted by molar-refractivity contribution is -0.127. The van der Waals surface area contributed by atoms with Crippen molar-refractivity contribution in [2.45, 2.75) is 90.9 Å². The number of hydrogen-bond donors (Lipinski definition) is 0. The molecule has 0 amide bonds. The summed E-state index contributed by atoms with van der Waals surface area (Å²) in [6.07, 6.45) is 11.6. The van der Waals surface area contributed by atoms with Gasteiger partial charge in [0.2, 0.25) is 0 Å². The Morgan fingerprint density at radius 3 is 1.44 bits per heavy atom. The van der Waals surface area contributed by atoms with Crippen LogP contribution in [0.1, 0.15) is 90.9 Å². The molecule has 106 valence electrons. The third-order valence-corrected chi connectivity index (χ3v) is 3.26. The second-order valence-corrected chi connectivity index (χ2v) is 5.23. The van der Waals surface area contributed by atoms with Crippen LogP contribution >= 0.6 is 0 Å². The summed E-state index contributed by atoms with van der Waals surface area (Å²) >= 11 is 0. The molecule has 0 bridgehead atoms. The van der Waals surface area contributed by atoms with Crippen LogP contribution in [-0.4, -0.2) is 11.6 Å². The number of Topliss-reactive ketones (excluding diaryl/α,β-unsaturated/α-hetero) is 2. The Hall–Kier alpha value is -0.660. The fourth-order valence-corrected chi connectivity index (χ4v) is 2.07. The highest BCUT2D eigenvalue weighted by Gasteiger charge is 2.08. The highest BCUT2D eigenvalue weighted by molar-refractivity contribution is 5.98. The zero-order chi connectivity index (χ0) is 13.6. The minimum absolute atomic E-state index is 0.143. The van der Waals surface area contributed by atoms with Crippen LogP contribution in [0.25, 0.3) is 0 Å². The maximum atomic E-state index is 11.6. The minimum atomic E-state index is 0.143. The van der Waals surface area contributed by atoms with Gasteiger partial charge >= 0.3 is 0 Å². The average molecular weight is 254 g/mol. The van der Waals surface area contributed by atoms with Crippen molar-refractivity contribution >= 4 is 11.6 Å². The Balaban J connectivity index is 3.41. The number of carbonyl (C=O) groups is 2. The molecule has 2 heteroatoms. The molecule has 0 unspecified atom stereocenters. The van der Waals surface area contributed by atoms with Crippen molar-refractivity contribution in [1.82, 2.24) is 0 Å². The number of hydrogen-bond acceptors (Lipinski definition) is 2. The van der Waals surface area contributed by atoms with E-state index in [9.17, 15) is 9.59 Å². The summed E-state index contributed by atoms with van der Waals surface area (Å²) in [5.41, 5.74) is 0. The van der Waals surface area contributed by atoms with Gasteiger partial charge in [0.15, 0.2) is 0 Å². The molecule has 18 heavy (non-hydrogen) atoms. The number of unbranched alkanes of at least 4 members (excludes halogenated alkanes) is 7. The molecule has 0 N–H and O–H groups in total. The molecule has 0 heterocycles. The van der Waals surface area contributed by atoms with Crippen LogP contribution in [0.3, 0.4) is 0 Å². The molecule has 0 aromatic carbocycles. The quantitative estimate of drug-likeness (QED) is 0.348. The molecule has 0 spiro atoms. The van der Waals surface area contributed by atoms with E-state index in [1.54, 1.807) is 0 Å². The standard InChI is InChI=1S/C16H30O2/c1-3-5-7-9-11-13-16(18)14-15(17)12-10-8-6-4-2/h3-14H2,1-2H3. The summed E-state index contributed by atoms with van der Waals surface area (Å²) < 4.78 is 0. The Bertz CT molecular complexity index is 221. The summed E-state index contributed by atoms with van der Waals surface area (Å²) in [5, 5.41) is 0. The zero-order valence-electron chi connectivity index (χ0n) is 12.3. The van der Waals surface area contributed by atoms with Crippen LogP contribution in [-0.2, 0) is 9.59 Å². The minimum Gasteiger partial charge on any atom is -0.299 e. The van der Waals surface area contributed by atoms with Crippen LogP contribution < -0.4 is 0 Å². The topological polar surface area (TPSA) is 34.1 Å². The molecule has 0 aliphatic carbocycles. The van der Waals surface area contributed by atoms with Gasteiger partial charge in [-0.2, -0.15) is 0 Å². The third kappa shape index (κ3) is 11.8. The van der Waals surface area contributed by atoms with E-state index in [-0.39, 0.29) is 18.0 Å². The normalized spacial score (nSPS) is 10.6. The second-order valence-electron chi connectivity index (χ2n) is 5.23. The Morgan fingerprint density at radius 1 is 0.611 bits per heavy atom. The Kier molecular flexibility index (Phi) is 12.3. The van der Waals surface area contributed by atoms with E-state index in [0.717, 1.165) is 25.7 Å².